The highest BCUT2D eigenvalue weighted by Crippen LogP contribution is 2.35. The normalized spacial score (nSPS) is 30.6. The second-order valence-corrected chi connectivity index (χ2v) is 6.75. The van der Waals surface area contributed by atoms with Gasteiger partial charge in [-0.1, -0.05) is 19.1 Å². The van der Waals surface area contributed by atoms with E-state index >= 15 is 0 Å². The number of amides is 1. The summed E-state index contributed by atoms with van der Waals surface area (Å²) in [6.07, 6.45) is 9.23. The van der Waals surface area contributed by atoms with Gasteiger partial charge in [-0.25, -0.2) is 4.98 Å². The smallest absolute Gasteiger partial charge is 0.309 e. The molecule has 0 unspecified atom stereocenters. The van der Waals surface area contributed by atoms with E-state index in [9.17, 15) is 14.7 Å². The van der Waals surface area contributed by atoms with Crippen molar-refractivity contribution in [1.82, 2.24) is 14.5 Å². The molecule has 2 heterocycles. The number of carbonyl (C=O) groups excluding carboxylic acids is 1. The van der Waals surface area contributed by atoms with Crippen LogP contribution in [0.1, 0.15) is 31.4 Å². The summed E-state index contributed by atoms with van der Waals surface area (Å²) in [5.74, 6) is -1.23. The SMILES string of the molecule is C[C@@H]1CC=CC[C@H]1C(=O)N1C[C@H](C(=O)O)[C@@H](c2cncn2C)C1. The van der Waals surface area contributed by atoms with Crippen LogP contribution in [0.5, 0.6) is 0 Å². The van der Waals surface area contributed by atoms with Crippen molar-refractivity contribution >= 4 is 11.9 Å². The Morgan fingerprint density at radius 2 is 1.96 bits per heavy atom. The molecule has 0 radical (unpaired) electrons. The highest BCUT2D eigenvalue weighted by Gasteiger charge is 2.43. The van der Waals surface area contributed by atoms with E-state index in [1.807, 2.05) is 11.6 Å². The van der Waals surface area contributed by atoms with E-state index in [2.05, 4.69) is 24.1 Å². The average molecular weight is 317 g/mol. The lowest BCUT2D eigenvalue weighted by atomic mass is 9.83. The quantitative estimate of drug-likeness (QED) is 0.860. The molecule has 0 bridgehead atoms. The number of carboxylic acid groups (broad SMARTS) is 1. The summed E-state index contributed by atoms with van der Waals surface area (Å²) in [6, 6.07) is 0. The zero-order valence-corrected chi connectivity index (χ0v) is 13.6. The summed E-state index contributed by atoms with van der Waals surface area (Å²) >= 11 is 0. The third kappa shape index (κ3) is 2.90. The Hall–Kier alpha value is -2.11. The Bertz CT molecular complexity index is 637. The Morgan fingerprint density at radius 3 is 2.57 bits per heavy atom. The minimum Gasteiger partial charge on any atom is -0.481 e. The summed E-state index contributed by atoms with van der Waals surface area (Å²) in [6.45, 7) is 2.84. The van der Waals surface area contributed by atoms with E-state index in [1.54, 1.807) is 17.4 Å². The van der Waals surface area contributed by atoms with Gasteiger partial charge in [0.15, 0.2) is 0 Å². The van der Waals surface area contributed by atoms with Crippen molar-refractivity contribution in [1.29, 1.82) is 0 Å². The summed E-state index contributed by atoms with van der Waals surface area (Å²) in [5, 5.41) is 9.56. The van der Waals surface area contributed by atoms with Crippen molar-refractivity contribution in [3.63, 3.8) is 0 Å². The number of aryl methyl sites for hydroxylation is 1. The van der Waals surface area contributed by atoms with Crippen molar-refractivity contribution in [3.05, 3.63) is 30.4 Å². The van der Waals surface area contributed by atoms with Crippen LogP contribution < -0.4 is 0 Å². The van der Waals surface area contributed by atoms with Gasteiger partial charge >= 0.3 is 5.97 Å². The summed E-state index contributed by atoms with van der Waals surface area (Å²) in [5.41, 5.74) is 0.879. The number of hydrogen-bond donors (Lipinski definition) is 1. The molecule has 1 saturated heterocycles. The van der Waals surface area contributed by atoms with Gasteiger partial charge in [-0.2, -0.15) is 0 Å². The molecule has 1 aromatic rings. The number of likely N-dealkylation sites (tertiary alicyclic amines) is 1. The molecular weight excluding hydrogens is 294 g/mol. The van der Waals surface area contributed by atoms with Crippen LogP contribution in [0.25, 0.3) is 0 Å². The summed E-state index contributed by atoms with van der Waals surface area (Å²) < 4.78 is 1.85. The van der Waals surface area contributed by atoms with E-state index in [-0.39, 0.29) is 24.3 Å². The van der Waals surface area contributed by atoms with Crippen LogP contribution in [-0.4, -0.2) is 44.5 Å². The van der Waals surface area contributed by atoms with Crippen molar-refractivity contribution in [2.24, 2.45) is 24.8 Å². The fraction of sp³-hybridized carbons (Fsp3) is 0.588. The van der Waals surface area contributed by atoms with Crippen LogP contribution in [0.2, 0.25) is 0 Å². The molecule has 1 amide bonds. The van der Waals surface area contributed by atoms with E-state index in [1.165, 1.54) is 0 Å². The van der Waals surface area contributed by atoms with E-state index in [4.69, 9.17) is 0 Å². The number of aromatic nitrogens is 2. The highest BCUT2D eigenvalue weighted by atomic mass is 16.4. The molecule has 0 spiro atoms. The Morgan fingerprint density at radius 1 is 1.22 bits per heavy atom. The molecule has 2 aliphatic rings. The first-order valence-electron chi connectivity index (χ1n) is 8.11. The van der Waals surface area contributed by atoms with Crippen LogP contribution in [0.15, 0.2) is 24.7 Å². The van der Waals surface area contributed by atoms with Gasteiger partial charge in [-0.15, -0.1) is 0 Å². The topological polar surface area (TPSA) is 75.4 Å². The lowest BCUT2D eigenvalue weighted by molar-refractivity contribution is -0.142. The molecule has 1 aliphatic heterocycles. The van der Waals surface area contributed by atoms with Gasteiger partial charge < -0.3 is 14.6 Å². The molecule has 3 rings (SSSR count). The fourth-order valence-electron chi connectivity index (χ4n) is 3.79. The number of nitrogens with zero attached hydrogens (tertiary/aromatic N) is 3. The number of carbonyl (C=O) groups is 2. The third-order valence-electron chi connectivity index (χ3n) is 5.25. The molecular formula is C17H23N3O3. The van der Waals surface area contributed by atoms with Crippen molar-refractivity contribution < 1.29 is 14.7 Å². The summed E-state index contributed by atoms with van der Waals surface area (Å²) in [7, 11) is 1.86. The molecule has 1 aromatic heterocycles. The standard InChI is InChI=1S/C17H23N3O3/c1-11-5-3-4-6-12(11)16(21)20-8-13(14(9-20)17(22)23)15-7-18-10-19(15)2/h3-4,7,10-14H,5-6,8-9H2,1-2H3,(H,22,23)/t11-,12-,13+,14+/m1/s1. The van der Waals surface area contributed by atoms with Gasteiger partial charge in [0.25, 0.3) is 0 Å². The zero-order chi connectivity index (χ0) is 16.6. The Balaban J connectivity index is 1.80. The molecule has 0 aromatic carbocycles. The lowest BCUT2D eigenvalue weighted by Crippen LogP contribution is -2.38. The second-order valence-electron chi connectivity index (χ2n) is 6.75. The van der Waals surface area contributed by atoms with Gasteiger partial charge in [0.1, 0.15) is 0 Å². The predicted molar refractivity (Wildman–Crippen MR) is 84.7 cm³/mol. The van der Waals surface area contributed by atoms with Crippen LogP contribution >= 0.6 is 0 Å². The Kier molecular flexibility index (Phi) is 4.24. The van der Waals surface area contributed by atoms with Crippen LogP contribution in [0, 0.1) is 17.8 Å². The molecule has 1 aliphatic carbocycles. The molecule has 6 nitrogen and oxygen atoms in total. The summed E-state index contributed by atoms with van der Waals surface area (Å²) in [4.78, 5) is 30.3. The number of imidazole rings is 1. The van der Waals surface area contributed by atoms with Crippen molar-refractivity contribution in [3.8, 4) is 0 Å². The van der Waals surface area contributed by atoms with Crippen LogP contribution in [0.4, 0.5) is 0 Å². The third-order valence-corrected chi connectivity index (χ3v) is 5.25. The highest BCUT2D eigenvalue weighted by molar-refractivity contribution is 5.82. The number of carboxylic acids is 1. The van der Waals surface area contributed by atoms with Crippen LogP contribution in [-0.2, 0) is 16.6 Å². The monoisotopic (exact) mass is 317 g/mol. The number of hydrogen-bond acceptors (Lipinski definition) is 3. The van der Waals surface area contributed by atoms with Crippen LogP contribution in [0.3, 0.4) is 0 Å². The maximum absolute atomic E-state index is 12.9. The van der Waals surface area contributed by atoms with E-state index in [0.717, 1.165) is 18.5 Å². The first-order chi connectivity index (χ1) is 11.0. The zero-order valence-electron chi connectivity index (χ0n) is 13.6. The maximum Gasteiger partial charge on any atom is 0.309 e. The van der Waals surface area contributed by atoms with E-state index < -0.39 is 11.9 Å². The lowest BCUT2D eigenvalue weighted by Gasteiger charge is -2.28. The van der Waals surface area contributed by atoms with Crippen molar-refractivity contribution in [2.75, 3.05) is 13.1 Å². The average Bonchev–Trinajstić information content (AvgIpc) is 3.13. The number of aliphatic carboxylic acids is 1. The van der Waals surface area contributed by atoms with Gasteiger partial charge in [0.05, 0.1) is 12.2 Å². The largest absolute Gasteiger partial charge is 0.481 e. The first kappa shape index (κ1) is 15.8. The minimum atomic E-state index is -0.844. The molecule has 1 N–H and O–H groups in total. The molecule has 1 fully saturated rings. The van der Waals surface area contributed by atoms with Gasteiger partial charge in [-0.3, -0.25) is 9.59 Å². The van der Waals surface area contributed by atoms with Gasteiger partial charge in [0, 0.05) is 43.9 Å². The van der Waals surface area contributed by atoms with E-state index in [0.29, 0.717) is 12.5 Å². The predicted octanol–water partition coefficient (Wildman–Crippen LogP) is 1.65. The molecule has 6 heteroatoms. The first-order valence-corrected chi connectivity index (χ1v) is 8.11. The molecule has 4 atom stereocenters. The fourth-order valence-corrected chi connectivity index (χ4v) is 3.79. The van der Waals surface area contributed by atoms with Gasteiger partial charge in [-0.05, 0) is 18.8 Å². The van der Waals surface area contributed by atoms with Gasteiger partial charge in [0.2, 0.25) is 5.91 Å². The number of allylic oxidation sites excluding steroid dienone is 2. The molecule has 124 valence electrons. The van der Waals surface area contributed by atoms with Crippen molar-refractivity contribution in [2.45, 2.75) is 25.7 Å². The second kappa shape index (κ2) is 6.18. The molecule has 23 heavy (non-hydrogen) atoms. The maximum atomic E-state index is 12.9. The molecule has 0 saturated carbocycles. The number of rotatable bonds is 3. The minimum absolute atomic E-state index is 0.0280. The Labute approximate surface area is 135 Å².